The Bertz CT molecular complexity index is 120. The first kappa shape index (κ1) is 11.4. The second-order valence-electron chi connectivity index (χ2n) is 2.64. The van der Waals surface area contributed by atoms with E-state index in [2.05, 4.69) is 0 Å². The molecule has 0 aliphatic carbocycles. The van der Waals surface area contributed by atoms with Crippen LogP contribution < -0.4 is 5.73 Å². The van der Waals surface area contributed by atoms with Crippen LogP contribution in [0.15, 0.2) is 0 Å². The van der Waals surface area contributed by atoms with Crippen LogP contribution in [0.2, 0.25) is 0 Å². The van der Waals surface area contributed by atoms with Gasteiger partial charge in [-0.25, -0.2) is 0 Å². The van der Waals surface area contributed by atoms with Crippen molar-refractivity contribution in [3.05, 3.63) is 0 Å². The predicted molar refractivity (Wildman–Crippen MR) is 47.8 cm³/mol. The fraction of sp³-hybridized carbons (Fsp3) is 0.875. The first-order valence-corrected chi connectivity index (χ1v) is 4.17. The van der Waals surface area contributed by atoms with Crippen molar-refractivity contribution in [1.29, 1.82) is 0 Å². The molecule has 0 radical (unpaired) electrons. The van der Waals surface area contributed by atoms with Crippen molar-refractivity contribution in [3.63, 3.8) is 0 Å². The fourth-order valence-electron chi connectivity index (χ4n) is 0.910. The lowest BCUT2D eigenvalue weighted by Gasteiger charge is -2.19. The summed E-state index contributed by atoms with van der Waals surface area (Å²) in [5.74, 6) is 0.0838. The number of rotatable bonds is 6. The number of nitrogens with two attached hydrogens (primary N) is 1. The summed E-state index contributed by atoms with van der Waals surface area (Å²) >= 11 is 0. The lowest BCUT2D eigenvalue weighted by atomic mass is 10.3. The minimum atomic E-state index is 0.0838. The fourth-order valence-corrected chi connectivity index (χ4v) is 0.910. The Morgan fingerprint density at radius 3 is 2.58 bits per heavy atom. The molecular formula is C8H18N2O2. The molecule has 0 rings (SSSR count). The summed E-state index contributed by atoms with van der Waals surface area (Å²) in [6.45, 7) is 4.16. The van der Waals surface area contributed by atoms with Crippen molar-refractivity contribution in [2.75, 3.05) is 33.4 Å². The molecule has 0 fully saturated rings. The van der Waals surface area contributed by atoms with Gasteiger partial charge in [0.05, 0.1) is 6.61 Å². The molecule has 0 unspecified atom stereocenters. The topological polar surface area (TPSA) is 55.6 Å². The highest BCUT2D eigenvalue weighted by molar-refractivity contribution is 5.73. The smallest absolute Gasteiger partial charge is 0.219 e. The highest BCUT2D eigenvalue weighted by atomic mass is 16.5. The maximum Gasteiger partial charge on any atom is 0.219 e. The van der Waals surface area contributed by atoms with Crippen LogP contribution in [0.4, 0.5) is 0 Å². The third-order valence-corrected chi connectivity index (χ3v) is 1.64. The van der Waals surface area contributed by atoms with Gasteiger partial charge in [0.2, 0.25) is 5.91 Å². The molecule has 0 aliphatic heterocycles. The minimum Gasteiger partial charge on any atom is -0.383 e. The molecule has 0 saturated heterocycles. The van der Waals surface area contributed by atoms with Crippen molar-refractivity contribution in [3.8, 4) is 0 Å². The van der Waals surface area contributed by atoms with E-state index in [1.54, 1.807) is 18.9 Å². The largest absolute Gasteiger partial charge is 0.383 e. The molecule has 0 aromatic carbocycles. The van der Waals surface area contributed by atoms with E-state index in [1.807, 2.05) is 0 Å². The van der Waals surface area contributed by atoms with Crippen molar-refractivity contribution in [1.82, 2.24) is 4.90 Å². The van der Waals surface area contributed by atoms with Gasteiger partial charge >= 0.3 is 0 Å². The second kappa shape index (κ2) is 7.06. The molecule has 0 saturated carbocycles. The lowest BCUT2D eigenvalue weighted by molar-refractivity contribution is -0.129. The predicted octanol–water partition coefficient (Wildman–Crippen LogP) is -0.170. The molecule has 0 heterocycles. The third-order valence-electron chi connectivity index (χ3n) is 1.64. The van der Waals surface area contributed by atoms with E-state index in [-0.39, 0.29) is 5.91 Å². The molecule has 0 aliphatic rings. The quantitative estimate of drug-likeness (QED) is 0.608. The van der Waals surface area contributed by atoms with Crippen molar-refractivity contribution in [2.45, 2.75) is 13.3 Å². The molecular weight excluding hydrogens is 156 g/mol. The van der Waals surface area contributed by atoms with E-state index in [4.69, 9.17) is 10.5 Å². The van der Waals surface area contributed by atoms with Crippen LogP contribution in [0.3, 0.4) is 0 Å². The van der Waals surface area contributed by atoms with Crippen LogP contribution >= 0.6 is 0 Å². The summed E-state index contributed by atoms with van der Waals surface area (Å²) in [5.41, 5.74) is 5.34. The first-order valence-electron chi connectivity index (χ1n) is 4.17. The van der Waals surface area contributed by atoms with E-state index in [0.29, 0.717) is 19.7 Å². The van der Waals surface area contributed by atoms with Crippen molar-refractivity contribution < 1.29 is 9.53 Å². The van der Waals surface area contributed by atoms with Crippen LogP contribution in [-0.4, -0.2) is 44.2 Å². The van der Waals surface area contributed by atoms with Gasteiger partial charge in [-0.05, 0) is 13.0 Å². The summed E-state index contributed by atoms with van der Waals surface area (Å²) in [6.07, 6.45) is 0.850. The summed E-state index contributed by atoms with van der Waals surface area (Å²) in [4.78, 5) is 12.7. The Kier molecular flexibility index (Phi) is 6.70. The Morgan fingerprint density at radius 1 is 1.50 bits per heavy atom. The summed E-state index contributed by atoms with van der Waals surface area (Å²) in [6, 6.07) is 0. The Hall–Kier alpha value is -0.610. The standard InChI is InChI=1S/C8H18N2O2/c1-8(11)10(5-3-4-9)6-7-12-2/h3-7,9H2,1-2H3. The average Bonchev–Trinajstić information content (AvgIpc) is 2.04. The number of methoxy groups -OCH3 is 1. The number of carbonyl (C=O) groups is 1. The highest BCUT2D eigenvalue weighted by Gasteiger charge is 2.06. The number of hydrogen-bond donors (Lipinski definition) is 1. The first-order chi connectivity index (χ1) is 5.72. The highest BCUT2D eigenvalue weighted by Crippen LogP contribution is 1.91. The second-order valence-corrected chi connectivity index (χ2v) is 2.64. The Balaban J connectivity index is 3.62. The number of ether oxygens (including phenoxy) is 1. The normalized spacial score (nSPS) is 9.92. The van der Waals surface area contributed by atoms with Gasteiger partial charge in [-0.3, -0.25) is 4.79 Å². The molecule has 72 valence electrons. The molecule has 0 bridgehead atoms. The number of nitrogens with zero attached hydrogens (tertiary/aromatic N) is 1. The molecule has 0 aromatic rings. The minimum absolute atomic E-state index is 0.0838. The van der Waals surface area contributed by atoms with Crippen LogP contribution in [-0.2, 0) is 9.53 Å². The molecule has 0 spiro atoms. The number of amides is 1. The molecule has 4 heteroatoms. The summed E-state index contributed by atoms with van der Waals surface area (Å²) in [5, 5.41) is 0. The van der Waals surface area contributed by atoms with Gasteiger partial charge in [-0.1, -0.05) is 0 Å². The van der Waals surface area contributed by atoms with Gasteiger partial charge in [0.25, 0.3) is 0 Å². The Labute approximate surface area is 73.7 Å². The van der Waals surface area contributed by atoms with Gasteiger partial charge in [-0.15, -0.1) is 0 Å². The zero-order valence-corrected chi connectivity index (χ0v) is 7.88. The molecule has 12 heavy (non-hydrogen) atoms. The van der Waals surface area contributed by atoms with Gasteiger partial charge in [0.1, 0.15) is 0 Å². The zero-order valence-electron chi connectivity index (χ0n) is 7.88. The van der Waals surface area contributed by atoms with Crippen LogP contribution in [0.1, 0.15) is 13.3 Å². The SMILES string of the molecule is COCCN(CCCN)C(C)=O. The molecule has 0 aromatic heterocycles. The number of hydrogen-bond acceptors (Lipinski definition) is 3. The summed E-state index contributed by atoms with van der Waals surface area (Å²) < 4.78 is 4.88. The maximum absolute atomic E-state index is 11.0. The molecule has 4 nitrogen and oxygen atoms in total. The van der Waals surface area contributed by atoms with E-state index in [9.17, 15) is 4.79 Å². The average molecular weight is 174 g/mol. The van der Waals surface area contributed by atoms with Gasteiger partial charge in [0.15, 0.2) is 0 Å². The van der Waals surface area contributed by atoms with Crippen LogP contribution in [0.5, 0.6) is 0 Å². The summed E-state index contributed by atoms with van der Waals surface area (Å²) in [7, 11) is 1.63. The van der Waals surface area contributed by atoms with Gasteiger partial charge in [-0.2, -0.15) is 0 Å². The van der Waals surface area contributed by atoms with E-state index in [1.165, 1.54) is 0 Å². The van der Waals surface area contributed by atoms with Gasteiger partial charge < -0.3 is 15.4 Å². The third kappa shape index (κ3) is 5.09. The molecule has 0 atom stereocenters. The van der Waals surface area contributed by atoms with Gasteiger partial charge in [0, 0.05) is 27.1 Å². The zero-order chi connectivity index (χ0) is 9.40. The van der Waals surface area contributed by atoms with Crippen molar-refractivity contribution in [2.24, 2.45) is 5.73 Å². The maximum atomic E-state index is 11.0. The molecule has 1 amide bonds. The monoisotopic (exact) mass is 174 g/mol. The van der Waals surface area contributed by atoms with Crippen molar-refractivity contribution >= 4 is 5.91 Å². The van der Waals surface area contributed by atoms with E-state index >= 15 is 0 Å². The van der Waals surface area contributed by atoms with E-state index < -0.39 is 0 Å². The van der Waals surface area contributed by atoms with Crippen LogP contribution in [0, 0.1) is 0 Å². The Morgan fingerprint density at radius 2 is 2.17 bits per heavy atom. The number of carbonyl (C=O) groups excluding carboxylic acids is 1. The van der Waals surface area contributed by atoms with Crippen LogP contribution in [0.25, 0.3) is 0 Å². The molecule has 2 N–H and O–H groups in total. The lowest BCUT2D eigenvalue weighted by Crippen LogP contribution is -2.33. The van der Waals surface area contributed by atoms with E-state index in [0.717, 1.165) is 13.0 Å².